The number of rotatable bonds is 8. The monoisotopic (exact) mass is 382 g/mol. The smallest absolute Gasteiger partial charge is 0.233 e. The Morgan fingerprint density at radius 2 is 1.69 bits per heavy atom. The first kappa shape index (κ1) is 20.7. The van der Waals surface area contributed by atoms with Crippen LogP contribution in [-0.2, 0) is 4.79 Å². The summed E-state index contributed by atoms with van der Waals surface area (Å²) in [5.41, 5.74) is 0.910. The molecule has 0 aliphatic carbocycles. The Morgan fingerprint density at radius 1 is 1.12 bits per heavy atom. The third kappa shape index (κ3) is 4.57. The predicted molar refractivity (Wildman–Crippen MR) is 105 cm³/mol. The molecule has 1 amide bonds. The fraction of sp³-hybridized carbons (Fsp3) is 0.632. The van der Waals surface area contributed by atoms with Gasteiger partial charge in [0.15, 0.2) is 11.5 Å². The molecule has 0 saturated carbocycles. The Morgan fingerprint density at radius 3 is 2.23 bits per heavy atom. The minimum Gasteiger partial charge on any atom is -0.496 e. The molecule has 1 aliphatic heterocycles. The zero-order valence-electron chi connectivity index (χ0n) is 16.8. The molecule has 1 heterocycles. The highest BCUT2D eigenvalue weighted by atomic mass is 32.2. The lowest BCUT2D eigenvalue weighted by Crippen LogP contribution is -2.41. The molecule has 26 heavy (non-hydrogen) atoms. The Balaban J connectivity index is 2.38. The van der Waals surface area contributed by atoms with Gasteiger partial charge in [-0.3, -0.25) is 4.79 Å². The number of methoxy groups -OCH3 is 3. The summed E-state index contributed by atoms with van der Waals surface area (Å²) in [7, 11) is 8.95. The maximum atomic E-state index is 12.6. The van der Waals surface area contributed by atoms with Crippen molar-refractivity contribution in [3.8, 4) is 17.2 Å². The van der Waals surface area contributed by atoms with E-state index < -0.39 is 0 Å². The van der Waals surface area contributed by atoms with E-state index in [0.29, 0.717) is 29.5 Å². The maximum absolute atomic E-state index is 12.6. The van der Waals surface area contributed by atoms with Gasteiger partial charge >= 0.3 is 0 Å². The second kappa shape index (κ2) is 8.39. The van der Waals surface area contributed by atoms with Crippen LogP contribution < -0.4 is 14.2 Å². The third-order valence-corrected chi connectivity index (χ3v) is 5.55. The van der Waals surface area contributed by atoms with Crippen molar-refractivity contribution in [3.63, 3.8) is 0 Å². The minimum absolute atomic E-state index is 0.0217. The van der Waals surface area contributed by atoms with Crippen LogP contribution in [0.15, 0.2) is 12.1 Å². The summed E-state index contributed by atoms with van der Waals surface area (Å²) in [6.07, 6.45) is 0. The quantitative estimate of drug-likeness (QED) is 0.689. The summed E-state index contributed by atoms with van der Waals surface area (Å²) in [5.74, 6) is 2.58. The summed E-state index contributed by atoms with van der Waals surface area (Å²) in [6, 6.07) is 3.74. The normalized spacial score (nSPS) is 17.8. The zero-order chi connectivity index (χ0) is 19.5. The van der Waals surface area contributed by atoms with Gasteiger partial charge in [-0.15, -0.1) is 11.8 Å². The van der Waals surface area contributed by atoms with Crippen molar-refractivity contribution in [2.75, 3.05) is 54.3 Å². The Labute approximate surface area is 160 Å². The number of thioether (sulfide) groups is 1. The Hall–Kier alpha value is -1.60. The van der Waals surface area contributed by atoms with Gasteiger partial charge in [0, 0.05) is 24.7 Å². The molecule has 0 radical (unpaired) electrons. The summed E-state index contributed by atoms with van der Waals surface area (Å²) in [4.78, 5) is 16.7. The first-order valence-corrected chi connectivity index (χ1v) is 9.63. The molecule has 1 atom stereocenters. The summed E-state index contributed by atoms with van der Waals surface area (Å²) < 4.78 is 16.4. The van der Waals surface area contributed by atoms with Crippen molar-refractivity contribution < 1.29 is 19.0 Å². The number of nitrogens with zero attached hydrogens (tertiary/aromatic N) is 2. The number of hydrogen-bond acceptors (Lipinski definition) is 6. The maximum Gasteiger partial charge on any atom is 0.233 e. The van der Waals surface area contributed by atoms with E-state index in [-0.39, 0.29) is 16.7 Å². The highest BCUT2D eigenvalue weighted by Crippen LogP contribution is 2.47. The molecule has 1 saturated heterocycles. The second-order valence-corrected chi connectivity index (χ2v) is 8.60. The molecule has 1 aromatic rings. The molecule has 1 fully saturated rings. The highest BCUT2D eigenvalue weighted by molar-refractivity contribution is 8.00. The largest absolute Gasteiger partial charge is 0.496 e. The van der Waals surface area contributed by atoms with Crippen molar-refractivity contribution in [2.45, 2.75) is 19.2 Å². The van der Waals surface area contributed by atoms with Crippen LogP contribution >= 0.6 is 11.8 Å². The second-order valence-electron chi connectivity index (χ2n) is 7.54. The van der Waals surface area contributed by atoms with Crippen LogP contribution in [-0.4, -0.2) is 70.0 Å². The van der Waals surface area contributed by atoms with Crippen molar-refractivity contribution in [2.24, 2.45) is 5.41 Å². The van der Waals surface area contributed by atoms with Crippen LogP contribution in [0.25, 0.3) is 0 Å². The molecular weight excluding hydrogens is 352 g/mol. The van der Waals surface area contributed by atoms with E-state index in [9.17, 15) is 4.79 Å². The van der Waals surface area contributed by atoms with Gasteiger partial charge in [-0.1, -0.05) is 13.8 Å². The van der Waals surface area contributed by atoms with Crippen molar-refractivity contribution in [1.29, 1.82) is 0 Å². The van der Waals surface area contributed by atoms with Gasteiger partial charge in [-0.25, -0.2) is 0 Å². The fourth-order valence-electron chi connectivity index (χ4n) is 3.50. The molecule has 2 rings (SSSR count). The first-order chi connectivity index (χ1) is 12.2. The molecule has 0 aromatic heterocycles. The number of ether oxygens (including phenoxy) is 3. The van der Waals surface area contributed by atoms with E-state index in [1.807, 2.05) is 17.0 Å². The fourth-order valence-corrected chi connectivity index (χ4v) is 4.70. The number of amides is 1. The molecule has 1 unspecified atom stereocenters. The Bertz CT molecular complexity index is 649. The van der Waals surface area contributed by atoms with E-state index >= 15 is 0 Å². The van der Waals surface area contributed by atoms with Gasteiger partial charge in [0.1, 0.15) is 11.1 Å². The summed E-state index contributed by atoms with van der Waals surface area (Å²) in [6.45, 7) is 5.95. The van der Waals surface area contributed by atoms with Crippen molar-refractivity contribution >= 4 is 17.7 Å². The molecule has 6 nitrogen and oxygen atoms in total. The van der Waals surface area contributed by atoms with Crippen LogP contribution in [0.1, 0.15) is 24.8 Å². The average molecular weight is 383 g/mol. The minimum atomic E-state index is -0.0984. The van der Waals surface area contributed by atoms with Gasteiger partial charge in [0.2, 0.25) is 5.91 Å². The Kier molecular flexibility index (Phi) is 6.69. The van der Waals surface area contributed by atoms with Crippen LogP contribution in [0.2, 0.25) is 0 Å². The number of hydrogen-bond donors (Lipinski definition) is 0. The molecule has 0 N–H and O–H groups in total. The van der Waals surface area contributed by atoms with Crippen molar-refractivity contribution in [3.05, 3.63) is 17.7 Å². The van der Waals surface area contributed by atoms with E-state index in [0.717, 1.165) is 12.1 Å². The standard InChI is InChI=1S/C19H30N2O4S/c1-19(2,11-20(3)4)12-21-17(22)10-26-18(21)13-8-15(24-6)16(25-7)9-14(13)23-5/h8-9,18H,10-12H2,1-7H3. The molecular formula is C19H30N2O4S. The molecule has 0 bridgehead atoms. The summed E-state index contributed by atoms with van der Waals surface area (Å²) >= 11 is 1.62. The molecule has 7 heteroatoms. The lowest BCUT2D eigenvalue weighted by molar-refractivity contribution is -0.129. The van der Waals surface area contributed by atoms with Gasteiger partial charge in [0.25, 0.3) is 0 Å². The zero-order valence-corrected chi connectivity index (χ0v) is 17.6. The lowest BCUT2D eigenvalue weighted by Gasteiger charge is -2.35. The molecule has 1 aromatic carbocycles. The lowest BCUT2D eigenvalue weighted by atomic mass is 9.92. The number of carbonyl (C=O) groups is 1. The molecule has 1 aliphatic rings. The van der Waals surface area contributed by atoms with Crippen molar-refractivity contribution in [1.82, 2.24) is 9.80 Å². The van der Waals surface area contributed by atoms with E-state index in [1.54, 1.807) is 33.1 Å². The van der Waals surface area contributed by atoms with Gasteiger partial charge in [-0.05, 0) is 25.6 Å². The van der Waals surface area contributed by atoms with Crippen LogP contribution in [0, 0.1) is 5.41 Å². The van der Waals surface area contributed by atoms with E-state index in [1.165, 1.54) is 0 Å². The van der Waals surface area contributed by atoms with Crippen LogP contribution in [0.4, 0.5) is 0 Å². The van der Waals surface area contributed by atoms with E-state index in [2.05, 4.69) is 32.8 Å². The van der Waals surface area contributed by atoms with Crippen LogP contribution in [0.3, 0.4) is 0 Å². The SMILES string of the molecule is COc1cc(OC)c(C2SCC(=O)N2CC(C)(C)CN(C)C)cc1OC. The van der Waals surface area contributed by atoms with Gasteiger partial charge < -0.3 is 24.0 Å². The first-order valence-electron chi connectivity index (χ1n) is 8.58. The average Bonchev–Trinajstić information content (AvgIpc) is 2.92. The molecule has 0 spiro atoms. The molecule has 146 valence electrons. The van der Waals surface area contributed by atoms with E-state index in [4.69, 9.17) is 14.2 Å². The highest BCUT2D eigenvalue weighted by Gasteiger charge is 2.38. The summed E-state index contributed by atoms with van der Waals surface area (Å²) in [5, 5.41) is -0.0984. The predicted octanol–water partition coefficient (Wildman–Crippen LogP) is 2.87. The number of carbonyl (C=O) groups excluding carboxylic acids is 1. The van der Waals surface area contributed by atoms with Gasteiger partial charge in [-0.2, -0.15) is 0 Å². The third-order valence-electron chi connectivity index (χ3n) is 4.31. The number of benzene rings is 1. The van der Waals surface area contributed by atoms with Gasteiger partial charge in [0.05, 0.1) is 27.1 Å². The van der Waals surface area contributed by atoms with Crippen LogP contribution in [0.5, 0.6) is 17.2 Å². The topological polar surface area (TPSA) is 51.2 Å².